The van der Waals surface area contributed by atoms with Crippen LogP contribution in [0.2, 0.25) is 0 Å². The van der Waals surface area contributed by atoms with Gasteiger partial charge in [-0.05, 0) is 50.1 Å². The molecule has 2 aliphatic heterocycles. The van der Waals surface area contributed by atoms with Crippen LogP contribution >= 0.6 is 11.3 Å². The predicted octanol–water partition coefficient (Wildman–Crippen LogP) is 2.08. The van der Waals surface area contributed by atoms with Crippen LogP contribution in [0.3, 0.4) is 0 Å². The Balaban J connectivity index is 1.58. The molecule has 116 valence electrons. The maximum Gasteiger partial charge on any atom is 0.237 e. The lowest BCUT2D eigenvalue weighted by Crippen LogP contribution is -2.39. The summed E-state index contributed by atoms with van der Waals surface area (Å²) >= 11 is 1.76. The fraction of sp³-hybridized carbons (Fsp3) is 0.688. The van der Waals surface area contributed by atoms with Crippen LogP contribution in [0.1, 0.15) is 37.1 Å². The number of carbonyl (C=O) groups excluding carboxylic acids is 1. The van der Waals surface area contributed by atoms with Gasteiger partial charge in [0, 0.05) is 24.0 Å². The van der Waals surface area contributed by atoms with Crippen LogP contribution in [0.15, 0.2) is 17.5 Å². The summed E-state index contributed by atoms with van der Waals surface area (Å²) in [4.78, 5) is 18.3. The Morgan fingerprint density at radius 1 is 1.48 bits per heavy atom. The Labute approximate surface area is 130 Å². The number of nitrogens with two attached hydrogens (primary N) is 1. The van der Waals surface area contributed by atoms with Gasteiger partial charge in [-0.1, -0.05) is 6.07 Å². The Kier molecular flexibility index (Phi) is 4.62. The summed E-state index contributed by atoms with van der Waals surface area (Å²) in [6.45, 7) is 5.52. The second kappa shape index (κ2) is 6.46. The van der Waals surface area contributed by atoms with E-state index in [9.17, 15) is 4.79 Å². The van der Waals surface area contributed by atoms with Gasteiger partial charge >= 0.3 is 0 Å². The van der Waals surface area contributed by atoms with Crippen LogP contribution in [0.4, 0.5) is 0 Å². The summed E-state index contributed by atoms with van der Waals surface area (Å²) in [5.74, 6) is 0.834. The Bertz CT molecular complexity index is 474. The molecule has 1 aromatic heterocycles. The number of rotatable bonds is 4. The number of hydrogen-bond acceptors (Lipinski definition) is 4. The molecule has 5 heteroatoms. The number of amides is 1. The number of carbonyl (C=O) groups is 1. The molecule has 0 saturated carbocycles. The van der Waals surface area contributed by atoms with Gasteiger partial charge in [-0.15, -0.1) is 11.3 Å². The van der Waals surface area contributed by atoms with E-state index in [1.807, 2.05) is 0 Å². The summed E-state index contributed by atoms with van der Waals surface area (Å²) in [6.07, 6.45) is 3.35. The van der Waals surface area contributed by atoms with E-state index in [1.165, 1.54) is 4.88 Å². The van der Waals surface area contributed by atoms with Gasteiger partial charge in [0.05, 0.1) is 12.6 Å². The van der Waals surface area contributed by atoms with Crippen molar-refractivity contribution in [3.8, 4) is 0 Å². The quantitative estimate of drug-likeness (QED) is 0.926. The average molecular weight is 307 g/mol. The van der Waals surface area contributed by atoms with E-state index in [0.717, 1.165) is 38.9 Å². The molecule has 0 bridgehead atoms. The molecule has 21 heavy (non-hydrogen) atoms. The van der Waals surface area contributed by atoms with Gasteiger partial charge in [0.15, 0.2) is 0 Å². The maximum absolute atomic E-state index is 12.6. The highest BCUT2D eigenvalue weighted by atomic mass is 32.1. The van der Waals surface area contributed by atoms with Crippen molar-refractivity contribution in [2.45, 2.75) is 38.3 Å². The third-order valence-corrected chi connectivity index (χ3v) is 5.83. The summed E-state index contributed by atoms with van der Waals surface area (Å²) in [5, 5.41) is 2.10. The molecule has 0 aliphatic carbocycles. The van der Waals surface area contributed by atoms with Gasteiger partial charge in [0.2, 0.25) is 5.91 Å². The summed E-state index contributed by atoms with van der Waals surface area (Å²) in [7, 11) is 0. The molecular formula is C16H25N3OS. The minimum Gasteiger partial charge on any atom is -0.334 e. The molecule has 3 rings (SSSR count). The molecule has 1 amide bonds. The van der Waals surface area contributed by atoms with Crippen LogP contribution in [-0.2, 0) is 4.79 Å². The van der Waals surface area contributed by atoms with Gasteiger partial charge in [-0.3, -0.25) is 9.69 Å². The van der Waals surface area contributed by atoms with Crippen molar-refractivity contribution in [3.05, 3.63) is 22.4 Å². The highest BCUT2D eigenvalue weighted by Crippen LogP contribution is 2.34. The predicted molar refractivity (Wildman–Crippen MR) is 86.2 cm³/mol. The van der Waals surface area contributed by atoms with Crippen LogP contribution in [0, 0.1) is 5.92 Å². The lowest BCUT2D eigenvalue weighted by molar-refractivity contribution is -0.133. The van der Waals surface area contributed by atoms with Gasteiger partial charge < -0.3 is 10.6 Å². The third-order valence-electron chi connectivity index (χ3n) is 4.86. The standard InChI is InChI=1S/C16H25N3OS/c1-12(17)13-6-8-18(10-13)11-16(20)19-7-2-4-14(19)15-5-3-9-21-15/h3,5,9,12-14H,2,4,6-8,10-11,17H2,1H3. The smallest absolute Gasteiger partial charge is 0.237 e. The summed E-state index contributed by atoms with van der Waals surface area (Å²) in [6, 6.07) is 4.78. The number of nitrogens with zero attached hydrogens (tertiary/aromatic N) is 2. The van der Waals surface area contributed by atoms with Crippen molar-refractivity contribution in [3.63, 3.8) is 0 Å². The van der Waals surface area contributed by atoms with E-state index in [2.05, 4.69) is 34.2 Å². The molecule has 2 saturated heterocycles. The molecule has 3 unspecified atom stereocenters. The molecule has 0 radical (unpaired) electrons. The number of likely N-dealkylation sites (tertiary alicyclic amines) is 2. The van der Waals surface area contributed by atoms with Gasteiger partial charge in [-0.25, -0.2) is 0 Å². The van der Waals surface area contributed by atoms with Gasteiger partial charge in [0.25, 0.3) is 0 Å². The maximum atomic E-state index is 12.6. The first-order chi connectivity index (χ1) is 10.1. The van der Waals surface area contributed by atoms with E-state index in [-0.39, 0.29) is 11.9 Å². The summed E-state index contributed by atoms with van der Waals surface area (Å²) < 4.78 is 0. The zero-order valence-corrected chi connectivity index (χ0v) is 13.5. The Morgan fingerprint density at radius 2 is 2.33 bits per heavy atom. The molecule has 2 N–H and O–H groups in total. The van der Waals surface area contributed by atoms with Gasteiger partial charge in [-0.2, -0.15) is 0 Å². The van der Waals surface area contributed by atoms with Gasteiger partial charge in [0.1, 0.15) is 0 Å². The van der Waals surface area contributed by atoms with Crippen molar-refractivity contribution >= 4 is 17.2 Å². The lowest BCUT2D eigenvalue weighted by atomic mass is 10.0. The highest BCUT2D eigenvalue weighted by Gasteiger charge is 2.33. The van der Waals surface area contributed by atoms with Crippen molar-refractivity contribution in [1.29, 1.82) is 0 Å². The van der Waals surface area contributed by atoms with Crippen molar-refractivity contribution < 1.29 is 4.79 Å². The minimum absolute atomic E-state index is 0.232. The normalized spacial score (nSPS) is 28.2. The fourth-order valence-electron chi connectivity index (χ4n) is 3.56. The van der Waals surface area contributed by atoms with Crippen molar-refractivity contribution in [2.24, 2.45) is 11.7 Å². The summed E-state index contributed by atoms with van der Waals surface area (Å²) in [5.41, 5.74) is 5.98. The zero-order valence-electron chi connectivity index (χ0n) is 12.7. The topological polar surface area (TPSA) is 49.6 Å². The number of hydrogen-bond donors (Lipinski definition) is 1. The lowest BCUT2D eigenvalue weighted by Gasteiger charge is -2.26. The van der Waals surface area contributed by atoms with Crippen LogP contribution in [-0.4, -0.2) is 47.9 Å². The molecule has 4 nitrogen and oxygen atoms in total. The monoisotopic (exact) mass is 307 g/mol. The highest BCUT2D eigenvalue weighted by molar-refractivity contribution is 7.10. The van der Waals surface area contributed by atoms with E-state index >= 15 is 0 Å². The molecule has 0 aromatic carbocycles. The Morgan fingerprint density at radius 3 is 3.00 bits per heavy atom. The van der Waals surface area contributed by atoms with Crippen LogP contribution in [0.25, 0.3) is 0 Å². The largest absolute Gasteiger partial charge is 0.334 e. The average Bonchev–Trinajstić information content (AvgIpc) is 3.19. The second-order valence-electron chi connectivity index (χ2n) is 6.40. The molecule has 1 aromatic rings. The first-order valence-electron chi connectivity index (χ1n) is 7.96. The van der Waals surface area contributed by atoms with Crippen LogP contribution in [0.5, 0.6) is 0 Å². The van der Waals surface area contributed by atoms with E-state index < -0.39 is 0 Å². The van der Waals surface area contributed by atoms with E-state index in [1.54, 1.807) is 11.3 Å². The fourth-order valence-corrected chi connectivity index (χ4v) is 4.43. The molecule has 0 spiro atoms. The van der Waals surface area contributed by atoms with Crippen LogP contribution < -0.4 is 5.73 Å². The second-order valence-corrected chi connectivity index (χ2v) is 7.38. The number of thiophene rings is 1. The first-order valence-corrected chi connectivity index (χ1v) is 8.84. The molecule has 3 heterocycles. The van der Waals surface area contributed by atoms with E-state index in [0.29, 0.717) is 18.5 Å². The molecule has 2 aliphatic rings. The molecular weight excluding hydrogens is 282 g/mol. The SMILES string of the molecule is CC(N)C1CCN(CC(=O)N2CCCC2c2cccs2)C1. The molecule has 3 atom stereocenters. The molecule has 2 fully saturated rings. The third kappa shape index (κ3) is 3.30. The Hall–Kier alpha value is -0.910. The van der Waals surface area contributed by atoms with Crippen molar-refractivity contribution in [2.75, 3.05) is 26.2 Å². The minimum atomic E-state index is 0.232. The van der Waals surface area contributed by atoms with Crippen molar-refractivity contribution in [1.82, 2.24) is 9.80 Å². The van der Waals surface area contributed by atoms with E-state index in [4.69, 9.17) is 5.73 Å². The first kappa shape index (κ1) is 15.0. The zero-order chi connectivity index (χ0) is 14.8.